The Bertz CT molecular complexity index is 600. The Morgan fingerprint density at radius 2 is 1.88 bits per heavy atom. The van der Waals surface area contributed by atoms with Gasteiger partial charge in [0.2, 0.25) is 0 Å². The lowest BCUT2D eigenvalue weighted by Gasteiger charge is -2.07. The third kappa shape index (κ3) is 1.95. The molecule has 3 nitrogen and oxygen atoms in total. The lowest BCUT2D eigenvalue weighted by Crippen LogP contribution is -2.06. The molecule has 0 aliphatic heterocycles. The molecule has 0 radical (unpaired) electrons. The fourth-order valence-electron chi connectivity index (χ4n) is 1.55. The molecule has 7 heteroatoms. The number of fused-ring (bicyclic) bond motifs is 1. The van der Waals surface area contributed by atoms with E-state index in [2.05, 4.69) is 4.98 Å². The Hall–Kier alpha value is -2.05. The molecule has 0 bridgehead atoms. The predicted molar refractivity (Wildman–Crippen MR) is 50.2 cm³/mol. The Morgan fingerprint density at radius 3 is 2.41 bits per heavy atom. The number of nitrogens with one attached hydrogen (secondary N) is 1. The molecule has 1 aromatic heterocycles. The zero-order valence-electron chi connectivity index (χ0n) is 8.10. The maximum atomic E-state index is 13.0. The van der Waals surface area contributed by atoms with E-state index < -0.39 is 34.7 Å². The van der Waals surface area contributed by atoms with E-state index in [-0.39, 0.29) is 5.39 Å². The largest absolute Gasteiger partial charge is 0.477 e. The van der Waals surface area contributed by atoms with Crippen LogP contribution in [-0.2, 0) is 6.18 Å². The SMILES string of the molecule is O=C(O)c1cc2cc(F)cc(C(F)(F)F)c2[nH]1. The standard InChI is InChI=1S/C10H5F4NO2/c11-5-1-4-2-7(9(16)17)15-8(4)6(3-5)10(12,13)14/h1-3,15H,(H,16,17). The van der Waals surface area contributed by atoms with Gasteiger partial charge in [-0.15, -0.1) is 0 Å². The van der Waals surface area contributed by atoms with Gasteiger partial charge in [0.25, 0.3) is 0 Å². The number of hydrogen-bond donors (Lipinski definition) is 2. The van der Waals surface area contributed by atoms with Gasteiger partial charge in [-0.05, 0) is 18.2 Å². The number of carbonyl (C=O) groups is 1. The van der Waals surface area contributed by atoms with E-state index in [1.54, 1.807) is 0 Å². The van der Waals surface area contributed by atoms with Crippen LogP contribution in [0.15, 0.2) is 18.2 Å². The normalized spacial score (nSPS) is 12.0. The third-order valence-electron chi connectivity index (χ3n) is 2.23. The highest BCUT2D eigenvalue weighted by atomic mass is 19.4. The van der Waals surface area contributed by atoms with E-state index in [1.807, 2.05) is 0 Å². The van der Waals surface area contributed by atoms with Gasteiger partial charge < -0.3 is 10.1 Å². The average molecular weight is 247 g/mol. The molecule has 0 spiro atoms. The molecular formula is C10H5F4NO2. The van der Waals surface area contributed by atoms with Crippen molar-refractivity contribution in [1.29, 1.82) is 0 Å². The lowest BCUT2D eigenvalue weighted by molar-refractivity contribution is -0.136. The van der Waals surface area contributed by atoms with Crippen LogP contribution in [0.2, 0.25) is 0 Å². The number of aromatic carboxylic acids is 1. The third-order valence-corrected chi connectivity index (χ3v) is 2.23. The highest BCUT2D eigenvalue weighted by Crippen LogP contribution is 2.35. The van der Waals surface area contributed by atoms with Gasteiger partial charge in [0.1, 0.15) is 11.5 Å². The van der Waals surface area contributed by atoms with E-state index >= 15 is 0 Å². The molecular weight excluding hydrogens is 242 g/mol. The minimum absolute atomic E-state index is 0.130. The van der Waals surface area contributed by atoms with Gasteiger partial charge in [-0.3, -0.25) is 0 Å². The fraction of sp³-hybridized carbons (Fsp3) is 0.100. The number of halogens is 4. The molecule has 0 aliphatic rings. The van der Waals surface area contributed by atoms with Gasteiger partial charge in [-0.25, -0.2) is 9.18 Å². The number of hydrogen-bond acceptors (Lipinski definition) is 1. The summed E-state index contributed by atoms with van der Waals surface area (Å²) in [4.78, 5) is 12.7. The molecule has 2 rings (SSSR count). The van der Waals surface area contributed by atoms with Crippen molar-refractivity contribution in [2.24, 2.45) is 0 Å². The molecule has 2 N–H and O–H groups in total. The zero-order valence-corrected chi connectivity index (χ0v) is 8.10. The van der Waals surface area contributed by atoms with Crippen molar-refractivity contribution in [3.63, 3.8) is 0 Å². The van der Waals surface area contributed by atoms with Crippen molar-refractivity contribution >= 4 is 16.9 Å². The summed E-state index contributed by atoms with van der Waals surface area (Å²) >= 11 is 0. The summed E-state index contributed by atoms with van der Waals surface area (Å²) in [6.45, 7) is 0. The Balaban J connectivity index is 2.79. The van der Waals surface area contributed by atoms with Crippen molar-refractivity contribution in [1.82, 2.24) is 4.98 Å². The first kappa shape index (κ1) is 11.4. The van der Waals surface area contributed by atoms with E-state index in [0.717, 1.165) is 12.1 Å². The molecule has 1 heterocycles. The average Bonchev–Trinajstić information content (AvgIpc) is 2.58. The van der Waals surface area contributed by atoms with Gasteiger partial charge in [0.05, 0.1) is 11.1 Å². The number of aromatic amines is 1. The molecule has 0 unspecified atom stereocenters. The summed E-state index contributed by atoms with van der Waals surface area (Å²) in [5, 5.41) is 8.51. The second-order valence-electron chi connectivity index (χ2n) is 3.40. The van der Waals surface area contributed by atoms with Crippen molar-refractivity contribution in [3.8, 4) is 0 Å². The van der Waals surface area contributed by atoms with Crippen LogP contribution < -0.4 is 0 Å². The quantitative estimate of drug-likeness (QED) is 0.761. The molecule has 90 valence electrons. The summed E-state index contributed by atoms with van der Waals surface area (Å²) in [6.07, 6.45) is -4.75. The summed E-state index contributed by atoms with van der Waals surface area (Å²) < 4.78 is 50.7. The van der Waals surface area contributed by atoms with Gasteiger partial charge in [-0.1, -0.05) is 0 Å². The first-order valence-electron chi connectivity index (χ1n) is 4.42. The van der Waals surface area contributed by atoms with Crippen molar-refractivity contribution in [2.75, 3.05) is 0 Å². The monoisotopic (exact) mass is 247 g/mol. The Kier molecular flexibility index (Phi) is 2.34. The van der Waals surface area contributed by atoms with E-state index in [9.17, 15) is 22.4 Å². The number of rotatable bonds is 1. The van der Waals surface area contributed by atoms with Crippen LogP contribution in [0.5, 0.6) is 0 Å². The summed E-state index contributed by atoms with van der Waals surface area (Å²) in [7, 11) is 0. The molecule has 0 atom stereocenters. The Morgan fingerprint density at radius 1 is 1.24 bits per heavy atom. The second-order valence-corrected chi connectivity index (χ2v) is 3.40. The summed E-state index contributed by atoms with van der Waals surface area (Å²) in [5.74, 6) is -2.48. The topological polar surface area (TPSA) is 53.1 Å². The first-order chi connectivity index (χ1) is 7.79. The number of alkyl halides is 3. The van der Waals surface area contributed by atoms with Gasteiger partial charge >= 0.3 is 12.1 Å². The molecule has 0 saturated carbocycles. The highest BCUT2D eigenvalue weighted by molar-refractivity contribution is 5.95. The van der Waals surface area contributed by atoms with Crippen LogP contribution in [0.3, 0.4) is 0 Å². The number of H-pyrrole nitrogens is 1. The minimum Gasteiger partial charge on any atom is -0.477 e. The van der Waals surface area contributed by atoms with Crippen molar-refractivity contribution in [2.45, 2.75) is 6.18 Å². The van der Waals surface area contributed by atoms with Crippen molar-refractivity contribution in [3.05, 3.63) is 35.3 Å². The van der Waals surface area contributed by atoms with E-state index in [4.69, 9.17) is 5.11 Å². The molecule has 0 amide bonds. The highest BCUT2D eigenvalue weighted by Gasteiger charge is 2.34. The molecule has 0 saturated heterocycles. The predicted octanol–water partition coefficient (Wildman–Crippen LogP) is 3.02. The van der Waals surface area contributed by atoms with Gasteiger partial charge in [0, 0.05) is 5.39 Å². The molecule has 0 aliphatic carbocycles. The Labute approximate surface area is 91.7 Å². The van der Waals surface area contributed by atoms with Crippen LogP contribution in [0.25, 0.3) is 10.9 Å². The maximum Gasteiger partial charge on any atom is 0.418 e. The first-order valence-corrected chi connectivity index (χ1v) is 4.42. The van der Waals surface area contributed by atoms with Gasteiger partial charge in [0.15, 0.2) is 0 Å². The van der Waals surface area contributed by atoms with Crippen LogP contribution in [0, 0.1) is 5.82 Å². The minimum atomic E-state index is -4.75. The van der Waals surface area contributed by atoms with E-state index in [0.29, 0.717) is 6.07 Å². The molecule has 1 aromatic carbocycles. The fourth-order valence-corrected chi connectivity index (χ4v) is 1.55. The van der Waals surface area contributed by atoms with Crippen LogP contribution in [0.4, 0.5) is 17.6 Å². The van der Waals surface area contributed by atoms with Gasteiger partial charge in [-0.2, -0.15) is 13.2 Å². The summed E-state index contributed by atoms with van der Waals surface area (Å²) in [6, 6.07) is 2.12. The summed E-state index contributed by atoms with van der Waals surface area (Å²) in [5.41, 5.74) is -2.08. The maximum absolute atomic E-state index is 13.0. The van der Waals surface area contributed by atoms with Crippen LogP contribution in [-0.4, -0.2) is 16.1 Å². The van der Waals surface area contributed by atoms with Crippen molar-refractivity contribution < 1.29 is 27.5 Å². The molecule has 0 fully saturated rings. The van der Waals surface area contributed by atoms with Crippen LogP contribution >= 0.6 is 0 Å². The zero-order chi connectivity index (χ0) is 12.8. The number of carboxylic acids is 1. The molecule has 17 heavy (non-hydrogen) atoms. The number of benzene rings is 1. The van der Waals surface area contributed by atoms with Crippen LogP contribution in [0.1, 0.15) is 16.1 Å². The smallest absolute Gasteiger partial charge is 0.418 e. The molecule has 2 aromatic rings. The lowest BCUT2D eigenvalue weighted by atomic mass is 10.1. The number of carboxylic acid groups (broad SMARTS) is 1. The van der Waals surface area contributed by atoms with E-state index in [1.165, 1.54) is 0 Å². The number of aromatic nitrogens is 1. The second kappa shape index (κ2) is 3.47.